The lowest BCUT2D eigenvalue weighted by molar-refractivity contribution is 0.0477. The Morgan fingerprint density at radius 1 is 1.33 bits per heavy atom. The van der Waals surface area contributed by atoms with Gasteiger partial charge in [0.05, 0.1) is 18.7 Å². The summed E-state index contributed by atoms with van der Waals surface area (Å²) < 4.78 is 6.86. The number of fused-ring (bicyclic) bond motifs is 1. The predicted octanol–water partition coefficient (Wildman–Crippen LogP) is 2.96. The number of benzene rings is 1. The van der Waals surface area contributed by atoms with Crippen LogP contribution in [0.15, 0.2) is 40.9 Å². The molecule has 3 atom stereocenters. The van der Waals surface area contributed by atoms with E-state index in [0.29, 0.717) is 6.61 Å². The van der Waals surface area contributed by atoms with Crippen molar-refractivity contribution in [3.8, 4) is 6.07 Å². The van der Waals surface area contributed by atoms with E-state index in [1.54, 1.807) is 0 Å². The van der Waals surface area contributed by atoms with Gasteiger partial charge >= 0.3 is 0 Å². The Bertz CT molecular complexity index is 508. The molecule has 1 fully saturated rings. The summed E-state index contributed by atoms with van der Waals surface area (Å²) in [5.41, 5.74) is 1.21. The summed E-state index contributed by atoms with van der Waals surface area (Å²) in [6.45, 7) is 0.635. The van der Waals surface area contributed by atoms with E-state index in [4.69, 9.17) is 4.74 Å². The third kappa shape index (κ3) is 1.89. The summed E-state index contributed by atoms with van der Waals surface area (Å²) in [6.07, 6.45) is 2.69. The second-order valence-electron chi connectivity index (χ2n) is 4.53. The van der Waals surface area contributed by atoms with Gasteiger partial charge in [-0.1, -0.05) is 52.3 Å². The summed E-state index contributed by atoms with van der Waals surface area (Å²) in [5, 5.41) is 9.30. The zero-order valence-electron chi connectivity index (χ0n) is 9.79. The highest BCUT2D eigenvalue weighted by Crippen LogP contribution is 2.40. The lowest BCUT2D eigenvalue weighted by atomic mass is 10.0. The van der Waals surface area contributed by atoms with Crippen LogP contribution < -0.4 is 0 Å². The molecule has 0 aliphatic carbocycles. The van der Waals surface area contributed by atoms with E-state index < -0.39 is 0 Å². The second kappa shape index (κ2) is 4.85. The maximum atomic E-state index is 9.30. The van der Waals surface area contributed by atoms with Gasteiger partial charge in [0.1, 0.15) is 12.3 Å². The number of nitriles is 1. The molecule has 2 heterocycles. The summed E-state index contributed by atoms with van der Waals surface area (Å²) in [5.74, 6) is 0. The van der Waals surface area contributed by atoms with Gasteiger partial charge in [-0.3, -0.25) is 0 Å². The molecule has 0 N–H and O–H groups in total. The number of ether oxygens (including phenoxy) is 1. The van der Waals surface area contributed by atoms with Crippen molar-refractivity contribution in [3.63, 3.8) is 0 Å². The highest BCUT2D eigenvalue weighted by Gasteiger charge is 2.43. The van der Waals surface area contributed by atoms with Crippen molar-refractivity contribution in [2.45, 2.75) is 24.7 Å². The van der Waals surface area contributed by atoms with Crippen molar-refractivity contribution in [1.29, 1.82) is 5.26 Å². The van der Waals surface area contributed by atoms with Crippen molar-refractivity contribution in [3.05, 3.63) is 46.5 Å². The fourth-order valence-electron chi connectivity index (χ4n) is 2.63. The van der Waals surface area contributed by atoms with Crippen LogP contribution in [0.1, 0.15) is 18.0 Å². The van der Waals surface area contributed by atoms with Crippen LogP contribution in [0.4, 0.5) is 0 Å². The predicted molar refractivity (Wildman–Crippen MR) is 71.8 cm³/mol. The van der Waals surface area contributed by atoms with Gasteiger partial charge in [-0.05, 0) is 12.0 Å². The van der Waals surface area contributed by atoms with E-state index in [2.05, 4.69) is 39.0 Å². The van der Waals surface area contributed by atoms with Crippen LogP contribution in [0.2, 0.25) is 0 Å². The molecular formula is C14H13BrN2O. The van der Waals surface area contributed by atoms with E-state index in [1.165, 1.54) is 5.56 Å². The monoisotopic (exact) mass is 304 g/mol. The number of rotatable bonds is 1. The largest absolute Gasteiger partial charge is 0.356 e. The van der Waals surface area contributed by atoms with Gasteiger partial charge in [0.25, 0.3) is 0 Å². The van der Waals surface area contributed by atoms with Gasteiger partial charge in [0, 0.05) is 4.48 Å². The summed E-state index contributed by atoms with van der Waals surface area (Å²) in [4.78, 5) is 2.17. The maximum Gasteiger partial charge on any atom is 0.144 e. The molecule has 1 saturated heterocycles. The lowest BCUT2D eigenvalue weighted by Gasteiger charge is -2.34. The standard InChI is InChI=1S/C14H13BrN2O/c15-12-7-6-11(8-16)17-13(9-18-14(12)17)10-4-2-1-3-5-10/h1-5,7,11,13-14H,6,9H2/t11-,13-,14+/m0/s1. The number of halogens is 1. The highest BCUT2D eigenvalue weighted by atomic mass is 79.9. The van der Waals surface area contributed by atoms with E-state index in [9.17, 15) is 5.26 Å². The third-order valence-electron chi connectivity index (χ3n) is 3.51. The Morgan fingerprint density at radius 2 is 2.11 bits per heavy atom. The molecule has 3 rings (SSSR count). The average Bonchev–Trinajstić information content (AvgIpc) is 2.86. The molecular weight excluding hydrogens is 292 g/mol. The maximum absolute atomic E-state index is 9.30. The van der Waals surface area contributed by atoms with Gasteiger partial charge in [0.15, 0.2) is 0 Å². The fourth-order valence-corrected chi connectivity index (χ4v) is 3.19. The minimum Gasteiger partial charge on any atom is -0.356 e. The number of hydrogen-bond acceptors (Lipinski definition) is 3. The number of nitrogens with zero attached hydrogens (tertiary/aromatic N) is 2. The van der Waals surface area contributed by atoms with Gasteiger partial charge < -0.3 is 4.74 Å². The fraction of sp³-hybridized carbons (Fsp3) is 0.357. The zero-order valence-corrected chi connectivity index (χ0v) is 11.4. The molecule has 2 aliphatic rings. The first-order valence-corrected chi connectivity index (χ1v) is 6.79. The average molecular weight is 305 g/mol. The SMILES string of the molecule is N#C[C@@H]1CC=C(Br)[C@H]2OC[C@@H](c3ccccc3)N12. The van der Waals surface area contributed by atoms with Crippen LogP contribution in [-0.2, 0) is 4.74 Å². The Hall–Kier alpha value is -1.15. The van der Waals surface area contributed by atoms with Gasteiger partial charge in [0.2, 0.25) is 0 Å². The van der Waals surface area contributed by atoms with E-state index in [1.807, 2.05) is 24.3 Å². The first kappa shape index (κ1) is 11.9. The van der Waals surface area contributed by atoms with Crippen LogP contribution in [0.25, 0.3) is 0 Å². The summed E-state index contributed by atoms with van der Waals surface area (Å²) in [6, 6.07) is 12.7. The van der Waals surface area contributed by atoms with Crippen LogP contribution in [0.5, 0.6) is 0 Å². The quantitative estimate of drug-likeness (QED) is 0.800. The zero-order chi connectivity index (χ0) is 12.5. The third-order valence-corrected chi connectivity index (χ3v) is 4.22. The van der Waals surface area contributed by atoms with Crippen LogP contribution in [-0.4, -0.2) is 23.8 Å². The smallest absolute Gasteiger partial charge is 0.144 e. The van der Waals surface area contributed by atoms with Crippen molar-refractivity contribution in [2.75, 3.05) is 6.61 Å². The van der Waals surface area contributed by atoms with E-state index in [-0.39, 0.29) is 18.3 Å². The Labute approximate surface area is 115 Å². The van der Waals surface area contributed by atoms with Crippen LogP contribution in [0.3, 0.4) is 0 Å². The second-order valence-corrected chi connectivity index (χ2v) is 5.44. The Balaban J connectivity index is 1.95. The minimum atomic E-state index is -0.107. The summed E-state index contributed by atoms with van der Waals surface area (Å²) in [7, 11) is 0. The molecule has 3 nitrogen and oxygen atoms in total. The number of hydrogen-bond donors (Lipinski definition) is 0. The minimum absolute atomic E-state index is 0.103. The molecule has 0 saturated carbocycles. The van der Waals surface area contributed by atoms with Gasteiger partial charge in [-0.25, -0.2) is 4.90 Å². The lowest BCUT2D eigenvalue weighted by Crippen LogP contribution is -2.42. The van der Waals surface area contributed by atoms with Crippen molar-refractivity contribution >= 4 is 15.9 Å². The molecule has 0 aromatic heterocycles. The molecule has 1 aromatic carbocycles. The highest BCUT2D eigenvalue weighted by molar-refractivity contribution is 9.11. The van der Waals surface area contributed by atoms with Crippen molar-refractivity contribution < 1.29 is 4.74 Å². The molecule has 0 unspecified atom stereocenters. The van der Waals surface area contributed by atoms with Crippen LogP contribution >= 0.6 is 15.9 Å². The molecule has 2 aliphatic heterocycles. The Morgan fingerprint density at radius 3 is 2.83 bits per heavy atom. The van der Waals surface area contributed by atoms with Crippen LogP contribution in [0, 0.1) is 11.3 Å². The Kier molecular flexibility index (Phi) is 3.21. The van der Waals surface area contributed by atoms with E-state index in [0.717, 1.165) is 10.9 Å². The van der Waals surface area contributed by atoms with Gasteiger partial charge in [-0.15, -0.1) is 0 Å². The first-order chi connectivity index (χ1) is 8.81. The molecule has 0 spiro atoms. The molecule has 1 aromatic rings. The molecule has 4 heteroatoms. The molecule has 92 valence electrons. The topological polar surface area (TPSA) is 36.3 Å². The summed E-state index contributed by atoms with van der Waals surface area (Å²) >= 11 is 3.54. The van der Waals surface area contributed by atoms with Gasteiger partial charge in [-0.2, -0.15) is 5.26 Å². The molecule has 0 bridgehead atoms. The van der Waals surface area contributed by atoms with Crippen molar-refractivity contribution in [2.24, 2.45) is 0 Å². The molecule has 0 amide bonds. The normalized spacial score (nSPS) is 31.6. The molecule has 0 radical (unpaired) electrons. The first-order valence-electron chi connectivity index (χ1n) is 6.00. The molecule has 18 heavy (non-hydrogen) atoms. The van der Waals surface area contributed by atoms with Crippen molar-refractivity contribution in [1.82, 2.24) is 4.90 Å². The van der Waals surface area contributed by atoms with E-state index >= 15 is 0 Å².